The van der Waals surface area contributed by atoms with Crippen LogP contribution in [0.4, 0.5) is 5.88 Å². The normalized spacial score (nSPS) is 10.7. The summed E-state index contributed by atoms with van der Waals surface area (Å²) in [6, 6.07) is 21.5. The number of rotatable bonds is 3. The van der Waals surface area contributed by atoms with Crippen molar-refractivity contribution in [1.82, 2.24) is 0 Å². The third-order valence-electron chi connectivity index (χ3n) is 3.29. The number of nitrogens with zero attached hydrogens (tertiary/aromatic N) is 2. The van der Waals surface area contributed by atoms with Gasteiger partial charge in [0.05, 0.1) is 6.34 Å². The lowest BCUT2D eigenvalue weighted by Crippen LogP contribution is -1.86. The van der Waals surface area contributed by atoms with Crippen LogP contribution in [-0.4, -0.2) is 6.34 Å². The first-order valence-electron chi connectivity index (χ1n) is 6.77. The van der Waals surface area contributed by atoms with Gasteiger partial charge in [-0.1, -0.05) is 60.7 Å². The average molecular weight is 287 g/mol. The van der Waals surface area contributed by atoms with Crippen LogP contribution < -0.4 is 5.73 Å². The fraction of sp³-hybridized carbons (Fsp3) is 0. The Morgan fingerprint density at radius 1 is 0.955 bits per heavy atom. The van der Waals surface area contributed by atoms with Gasteiger partial charge in [-0.3, -0.25) is 0 Å². The van der Waals surface area contributed by atoms with Crippen LogP contribution in [-0.2, 0) is 0 Å². The van der Waals surface area contributed by atoms with Crippen LogP contribution in [0.2, 0.25) is 0 Å². The zero-order valence-electron chi connectivity index (χ0n) is 11.7. The highest BCUT2D eigenvalue weighted by Gasteiger charge is 2.22. The lowest BCUT2D eigenvalue weighted by atomic mass is 9.98. The topological polar surface area (TPSA) is 75.3 Å². The molecule has 3 aromatic rings. The smallest absolute Gasteiger partial charge is 0.239 e. The number of nitriles is 1. The molecular weight excluding hydrogens is 274 g/mol. The van der Waals surface area contributed by atoms with Gasteiger partial charge in [0, 0.05) is 11.1 Å². The molecular formula is C18H13N3O. The van der Waals surface area contributed by atoms with Crippen molar-refractivity contribution in [3.63, 3.8) is 0 Å². The predicted octanol–water partition coefficient (Wildman–Crippen LogP) is 4.10. The summed E-state index contributed by atoms with van der Waals surface area (Å²) in [5.74, 6) is 0.839. The van der Waals surface area contributed by atoms with Crippen LogP contribution in [0.5, 0.6) is 0 Å². The third kappa shape index (κ3) is 2.36. The maximum atomic E-state index is 9.52. The summed E-state index contributed by atoms with van der Waals surface area (Å²) >= 11 is 0. The molecule has 1 aromatic heterocycles. The zero-order valence-corrected chi connectivity index (χ0v) is 11.7. The first kappa shape index (κ1) is 13.7. The van der Waals surface area contributed by atoms with Crippen molar-refractivity contribution in [3.05, 3.63) is 66.2 Å². The van der Waals surface area contributed by atoms with Crippen molar-refractivity contribution >= 4 is 12.2 Å². The first-order valence-corrected chi connectivity index (χ1v) is 6.77. The van der Waals surface area contributed by atoms with Gasteiger partial charge in [-0.25, -0.2) is 4.99 Å². The van der Waals surface area contributed by atoms with Crippen molar-refractivity contribution in [2.24, 2.45) is 10.7 Å². The molecule has 0 bridgehead atoms. The summed E-state index contributed by atoms with van der Waals surface area (Å²) in [6.07, 6.45) is 1.13. The van der Waals surface area contributed by atoms with Gasteiger partial charge in [-0.05, 0) is 5.56 Å². The Morgan fingerprint density at radius 3 is 2.09 bits per heavy atom. The maximum absolute atomic E-state index is 9.52. The van der Waals surface area contributed by atoms with Crippen LogP contribution in [0, 0.1) is 11.3 Å². The van der Waals surface area contributed by atoms with Crippen LogP contribution in [0.15, 0.2) is 70.1 Å². The van der Waals surface area contributed by atoms with E-state index in [9.17, 15) is 5.26 Å². The van der Waals surface area contributed by atoms with E-state index >= 15 is 0 Å². The van der Waals surface area contributed by atoms with Crippen LogP contribution in [0.1, 0.15) is 5.56 Å². The average Bonchev–Trinajstić information content (AvgIpc) is 2.95. The second kappa shape index (κ2) is 5.98. The molecule has 0 amide bonds. The minimum Gasteiger partial charge on any atom is -0.436 e. The Kier molecular flexibility index (Phi) is 3.71. The molecule has 0 aliphatic heterocycles. The Morgan fingerprint density at radius 2 is 1.55 bits per heavy atom. The fourth-order valence-corrected chi connectivity index (χ4v) is 2.35. The summed E-state index contributed by atoms with van der Waals surface area (Å²) in [4.78, 5) is 3.97. The molecule has 4 heteroatoms. The number of aliphatic imine (C=N–C) groups is 1. The molecule has 0 saturated carbocycles. The number of benzene rings is 2. The molecule has 2 aromatic carbocycles. The van der Waals surface area contributed by atoms with Gasteiger partial charge in [-0.15, -0.1) is 0 Å². The number of hydrogen-bond acceptors (Lipinski definition) is 3. The zero-order chi connectivity index (χ0) is 15.4. The second-order valence-corrected chi connectivity index (χ2v) is 4.61. The lowest BCUT2D eigenvalue weighted by Gasteiger charge is -2.03. The van der Waals surface area contributed by atoms with E-state index in [1.807, 2.05) is 60.7 Å². The van der Waals surface area contributed by atoms with Crippen molar-refractivity contribution in [2.45, 2.75) is 0 Å². The number of furan rings is 1. The summed E-state index contributed by atoms with van der Waals surface area (Å²) in [6.45, 7) is 0. The van der Waals surface area contributed by atoms with E-state index in [-0.39, 0.29) is 5.88 Å². The molecule has 1 heterocycles. The lowest BCUT2D eigenvalue weighted by molar-refractivity contribution is 0.593. The van der Waals surface area contributed by atoms with E-state index in [4.69, 9.17) is 10.2 Å². The predicted molar refractivity (Wildman–Crippen MR) is 86.6 cm³/mol. The van der Waals surface area contributed by atoms with Gasteiger partial charge < -0.3 is 10.2 Å². The Hall–Kier alpha value is -3.32. The van der Waals surface area contributed by atoms with E-state index in [2.05, 4.69) is 11.1 Å². The molecule has 4 nitrogen and oxygen atoms in total. The quantitative estimate of drug-likeness (QED) is 0.582. The van der Waals surface area contributed by atoms with Gasteiger partial charge >= 0.3 is 0 Å². The maximum Gasteiger partial charge on any atom is 0.239 e. The van der Waals surface area contributed by atoms with Gasteiger partial charge in [-0.2, -0.15) is 5.26 Å². The molecule has 0 saturated heterocycles. The van der Waals surface area contributed by atoms with E-state index < -0.39 is 0 Å². The molecule has 0 aliphatic rings. The van der Waals surface area contributed by atoms with Crippen LogP contribution in [0.3, 0.4) is 0 Å². The van der Waals surface area contributed by atoms with Crippen LogP contribution in [0.25, 0.3) is 22.5 Å². The van der Waals surface area contributed by atoms with Gasteiger partial charge in [0.2, 0.25) is 5.88 Å². The number of hydrogen-bond donors (Lipinski definition) is 1. The molecule has 0 unspecified atom stereocenters. The van der Waals surface area contributed by atoms with Crippen LogP contribution >= 0.6 is 0 Å². The second-order valence-electron chi connectivity index (χ2n) is 4.61. The standard InChI is InChI=1S/C18H13N3O/c19-11-15-16(13-7-3-1-4-8-13)17(22-18(15)21-12-20)14-9-5-2-6-10-14/h1-10,12H,(H2,20,21). The minimum atomic E-state index is 0.225. The van der Waals surface area contributed by atoms with E-state index in [1.54, 1.807) is 0 Å². The van der Waals surface area contributed by atoms with Gasteiger partial charge in [0.15, 0.2) is 0 Å². The summed E-state index contributed by atoms with van der Waals surface area (Å²) < 4.78 is 5.82. The van der Waals surface area contributed by atoms with Crippen molar-refractivity contribution in [2.75, 3.05) is 0 Å². The Balaban J connectivity index is 2.32. The molecule has 0 spiro atoms. The molecule has 2 N–H and O–H groups in total. The first-order chi connectivity index (χ1) is 10.8. The summed E-state index contributed by atoms with van der Waals surface area (Å²) in [5.41, 5.74) is 8.26. The molecule has 0 atom stereocenters. The Labute approximate surface area is 128 Å². The summed E-state index contributed by atoms with van der Waals surface area (Å²) in [5, 5.41) is 9.52. The molecule has 0 aliphatic carbocycles. The van der Waals surface area contributed by atoms with Crippen molar-refractivity contribution < 1.29 is 4.42 Å². The highest BCUT2D eigenvalue weighted by atomic mass is 16.4. The van der Waals surface area contributed by atoms with Crippen molar-refractivity contribution in [3.8, 4) is 28.5 Å². The van der Waals surface area contributed by atoms with E-state index in [0.29, 0.717) is 11.3 Å². The number of nitrogens with two attached hydrogens (primary N) is 1. The molecule has 22 heavy (non-hydrogen) atoms. The van der Waals surface area contributed by atoms with Gasteiger partial charge in [0.1, 0.15) is 17.4 Å². The SMILES string of the molecule is N#Cc1c(/N=C/N)oc(-c2ccccc2)c1-c1ccccc1. The fourth-order valence-electron chi connectivity index (χ4n) is 2.35. The molecule has 106 valence electrons. The van der Waals surface area contributed by atoms with Gasteiger partial charge in [0.25, 0.3) is 0 Å². The monoisotopic (exact) mass is 287 g/mol. The highest BCUT2D eigenvalue weighted by Crippen LogP contribution is 2.42. The van der Waals surface area contributed by atoms with E-state index in [1.165, 1.54) is 0 Å². The highest BCUT2D eigenvalue weighted by molar-refractivity contribution is 5.88. The van der Waals surface area contributed by atoms with Crippen molar-refractivity contribution in [1.29, 1.82) is 5.26 Å². The largest absolute Gasteiger partial charge is 0.436 e. The molecule has 0 radical (unpaired) electrons. The molecule has 3 rings (SSSR count). The van der Waals surface area contributed by atoms with E-state index in [0.717, 1.165) is 23.0 Å². The summed E-state index contributed by atoms with van der Waals surface area (Å²) in [7, 11) is 0. The molecule has 0 fully saturated rings. The third-order valence-corrected chi connectivity index (χ3v) is 3.29. The Bertz CT molecular complexity index is 843. The minimum absolute atomic E-state index is 0.225.